The maximum atomic E-state index is 2.44. The predicted molar refractivity (Wildman–Crippen MR) is 305 cm³/mol. The van der Waals surface area contributed by atoms with Gasteiger partial charge >= 0.3 is 0 Å². The maximum Gasteiger partial charge on any atom is 0.0540 e. The van der Waals surface area contributed by atoms with Crippen LogP contribution < -0.4 is 14.7 Å². The van der Waals surface area contributed by atoms with Gasteiger partial charge in [-0.05, 0) is 168 Å². The Bertz CT molecular complexity index is 3520. The van der Waals surface area contributed by atoms with Crippen molar-refractivity contribution in [3.63, 3.8) is 0 Å². The van der Waals surface area contributed by atoms with E-state index in [2.05, 4.69) is 291 Å². The minimum atomic E-state index is 1.06. The zero-order chi connectivity index (χ0) is 48.0. The molecule has 3 heteroatoms. The fourth-order valence-corrected chi connectivity index (χ4v) is 10.7. The van der Waals surface area contributed by atoms with E-state index in [9.17, 15) is 0 Å². The van der Waals surface area contributed by atoms with Gasteiger partial charge in [0, 0.05) is 50.0 Å². The summed E-state index contributed by atoms with van der Waals surface area (Å²) in [5.41, 5.74) is 17.3. The number of aryl methyl sites for hydroxylation is 4. The Labute approximate surface area is 416 Å². The Hall–Kier alpha value is -8.92. The number of hydrogen-bond acceptors (Lipinski definition) is 3. The zero-order valence-corrected chi connectivity index (χ0v) is 40.5. The lowest BCUT2D eigenvalue weighted by Crippen LogP contribution is -2.14. The van der Waals surface area contributed by atoms with Gasteiger partial charge in [-0.1, -0.05) is 164 Å². The van der Waals surface area contributed by atoms with Gasteiger partial charge in [-0.2, -0.15) is 0 Å². The van der Waals surface area contributed by atoms with E-state index in [0.717, 1.165) is 51.2 Å². The summed E-state index contributed by atoms with van der Waals surface area (Å²) in [5.74, 6) is 0. The molecule has 0 aliphatic rings. The lowest BCUT2D eigenvalue weighted by Gasteiger charge is -2.31. The SMILES string of the molecule is Cc1ccc(N(c2ccc(N(c3ccc(-c4ccccc4)cc3)c3ccc(N(c4ccc(C)c5ccccc45)c4ccc(C)c5ccccc45)cc3)cc2)c2ccc(C)c3ccccc23)c2ccccc12. The average molecular weight is 912 g/mol. The number of anilines is 9. The van der Waals surface area contributed by atoms with E-state index < -0.39 is 0 Å². The molecule has 0 saturated carbocycles. The largest absolute Gasteiger partial charge is 0.311 e. The molecule has 0 spiro atoms. The van der Waals surface area contributed by atoms with Gasteiger partial charge < -0.3 is 14.7 Å². The first-order valence-electron chi connectivity index (χ1n) is 24.6. The molecule has 0 heterocycles. The van der Waals surface area contributed by atoms with Gasteiger partial charge in [0.05, 0.1) is 22.7 Å². The number of hydrogen-bond donors (Lipinski definition) is 0. The van der Waals surface area contributed by atoms with Gasteiger partial charge in [-0.25, -0.2) is 0 Å². The molecule has 12 aromatic carbocycles. The second kappa shape index (κ2) is 18.2. The average Bonchev–Trinajstić information content (AvgIpc) is 3.43. The van der Waals surface area contributed by atoms with Gasteiger partial charge in [0.15, 0.2) is 0 Å². The molecule has 0 unspecified atom stereocenters. The Balaban J connectivity index is 1.01. The third kappa shape index (κ3) is 7.82. The fourth-order valence-electron chi connectivity index (χ4n) is 10.7. The molecule has 0 atom stereocenters. The van der Waals surface area contributed by atoms with Crippen molar-refractivity contribution in [2.45, 2.75) is 27.7 Å². The van der Waals surface area contributed by atoms with E-state index in [0.29, 0.717) is 0 Å². The van der Waals surface area contributed by atoms with Crippen LogP contribution >= 0.6 is 0 Å². The summed E-state index contributed by atoms with van der Waals surface area (Å²) in [7, 11) is 0. The van der Waals surface area contributed by atoms with Crippen LogP contribution in [0.5, 0.6) is 0 Å². The molecule has 3 nitrogen and oxygen atoms in total. The van der Waals surface area contributed by atoms with Crippen LogP contribution in [0.2, 0.25) is 0 Å². The first kappa shape index (κ1) is 43.4. The van der Waals surface area contributed by atoms with Crippen LogP contribution in [0.15, 0.2) is 249 Å². The Morgan fingerprint density at radius 1 is 0.183 bits per heavy atom. The van der Waals surface area contributed by atoms with E-state index >= 15 is 0 Å². The highest BCUT2D eigenvalue weighted by atomic mass is 15.2. The summed E-state index contributed by atoms with van der Waals surface area (Å²) in [4.78, 5) is 7.26. The Morgan fingerprint density at radius 2 is 0.408 bits per heavy atom. The van der Waals surface area contributed by atoms with Crippen LogP contribution in [0, 0.1) is 27.7 Å². The highest BCUT2D eigenvalue weighted by Gasteiger charge is 2.23. The molecule has 12 aromatic rings. The van der Waals surface area contributed by atoms with E-state index in [1.165, 1.54) is 76.5 Å². The topological polar surface area (TPSA) is 9.72 Å². The molecule has 71 heavy (non-hydrogen) atoms. The van der Waals surface area contributed by atoms with Crippen molar-refractivity contribution in [2.24, 2.45) is 0 Å². The molecule has 0 saturated heterocycles. The second-order valence-corrected chi connectivity index (χ2v) is 18.7. The first-order chi connectivity index (χ1) is 34.9. The van der Waals surface area contributed by atoms with Gasteiger partial charge in [-0.3, -0.25) is 0 Å². The Morgan fingerprint density at radius 3 is 0.704 bits per heavy atom. The molecule has 0 aliphatic heterocycles. The Kier molecular flexibility index (Phi) is 11.1. The molecule has 12 rings (SSSR count). The molecule has 0 N–H and O–H groups in total. The highest BCUT2D eigenvalue weighted by Crippen LogP contribution is 2.47. The lowest BCUT2D eigenvalue weighted by molar-refractivity contribution is 1.25. The van der Waals surface area contributed by atoms with Crippen LogP contribution in [0.25, 0.3) is 54.2 Å². The van der Waals surface area contributed by atoms with Crippen molar-refractivity contribution in [2.75, 3.05) is 14.7 Å². The molecule has 0 fully saturated rings. The molecule has 0 aliphatic carbocycles. The minimum absolute atomic E-state index is 1.06. The summed E-state index contributed by atoms with van der Waals surface area (Å²) in [6.07, 6.45) is 0. The molecule has 340 valence electrons. The van der Waals surface area contributed by atoms with Crippen molar-refractivity contribution in [3.8, 4) is 11.1 Å². The molecule has 0 radical (unpaired) electrons. The summed E-state index contributed by atoms with van der Waals surface area (Å²) >= 11 is 0. The molecular formula is C68H53N3. The minimum Gasteiger partial charge on any atom is -0.311 e. The lowest BCUT2D eigenvalue weighted by atomic mass is 9.99. The highest BCUT2D eigenvalue weighted by molar-refractivity contribution is 6.08. The smallest absolute Gasteiger partial charge is 0.0540 e. The van der Waals surface area contributed by atoms with Crippen LogP contribution in [-0.4, -0.2) is 0 Å². The number of nitrogens with zero attached hydrogens (tertiary/aromatic N) is 3. The number of rotatable bonds is 10. The standard InChI is InChI=1S/C68H53N3/c1-46-26-42-65(61-22-12-8-18-57(46)61)70(66-43-27-47(2)58-19-9-13-23-62(58)66)55-38-34-53(35-39-55)69(52-32-30-51(31-33-52)50-16-6-5-7-17-50)54-36-40-56(41-37-54)71(67-44-28-48(3)59-20-10-14-24-63(59)67)68-45-29-49(4)60-21-11-15-25-64(60)68/h5-45H,1-4H3. The summed E-state index contributed by atoms with van der Waals surface area (Å²) in [5, 5.41) is 9.87. The van der Waals surface area contributed by atoms with Crippen molar-refractivity contribution in [1.29, 1.82) is 0 Å². The van der Waals surface area contributed by atoms with Gasteiger partial charge in [0.2, 0.25) is 0 Å². The van der Waals surface area contributed by atoms with E-state index in [4.69, 9.17) is 0 Å². The van der Waals surface area contributed by atoms with Crippen molar-refractivity contribution < 1.29 is 0 Å². The van der Waals surface area contributed by atoms with Gasteiger partial charge in [0.1, 0.15) is 0 Å². The van der Waals surface area contributed by atoms with Crippen LogP contribution in [0.3, 0.4) is 0 Å². The quantitative estimate of drug-likeness (QED) is 0.135. The molecular weight excluding hydrogens is 859 g/mol. The predicted octanol–water partition coefficient (Wildman–Crippen LogP) is 19.6. The van der Waals surface area contributed by atoms with Crippen LogP contribution in [0.1, 0.15) is 22.3 Å². The summed E-state index contributed by atoms with van der Waals surface area (Å²) in [6, 6.07) is 91.1. The van der Waals surface area contributed by atoms with E-state index in [1.807, 2.05) is 0 Å². The maximum absolute atomic E-state index is 2.44. The van der Waals surface area contributed by atoms with E-state index in [1.54, 1.807) is 0 Å². The fraction of sp³-hybridized carbons (Fsp3) is 0.0588. The monoisotopic (exact) mass is 911 g/mol. The number of benzene rings is 12. The van der Waals surface area contributed by atoms with Crippen LogP contribution in [-0.2, 0) is 0 Å². The molecule has 0 bridgehead atoms. The van der Waals surface area contributed by atoms with Crippen molar-refractivity contribution >= 4 is 94.3 Å². The van der Waals surface area contributed by atoms with Crippen molar-refractivity contribution in [3.05, 3.63) is 271 Å². The zero-order valence-electron chi connectivity index (χ0n) is 40.5. The van der Waals surface area contributed by atoms with Crippen molar-refractivity contribution in [1.82, 2.24) is 0 Å². The third-order valence-electron chi connectivity index (χ3n) is 14.4. The van der Waals surface area contributed by atoms with E-state index in [-0.39, 0.29) is 0 Å². The van der Waals surface area contributed by atoms with Gasteiger partial charge in [-0.15, -0.1) is 0 Å². The molecule has 0 amide bonds. The van der Waals surface area contributed by atoms with Gasteiger partial charge in [0.25, 0.3) is 0 Å². The number of fused-ring (bicyclic) bond motifs is 4. The normalized spacial score (nSPS) is 11.4. The first-order valence-corrected chi connectivity index (χ1v) is 24.6. The summed E-state index contributed by atoms with van der Waals surface area (Å²) in [6.45, 7) is 8.80. The second-order valence-electron chi connectivity index (χ2n) is 18.7. The summed E-state index contributed by atoms with van der Waals surface area (Å²) < 4.78 is 0. The molecule has 0 aromatic heterocycles. The van der Waals surface area contributed by atoms with Crippen LogP contribution in [0.4, 0.5) is 51.2 Å². The third-order valence-corrected chi connectivity index (χ3v) is 14.4.